The van der Waals surface area contributed by atoms with Gasteiger partial charge < -0.3 is 20.5 Å². The number of nitrogens with one attached hydrogen (secondary N) is 2. The molecule has 38 heavy (non-hydrogen) atoms. The molecular formula is C28H24Cl2F2N2O4. The molecule has 198 valence electrons. The largest absolute Gasteiger partial charge is 0.485 e. The van der Waals surface area contributed by atoms with Crippen LogP contribution in [0, 0.1) is 11.6 Å². The van der Waals surface area contributed by atoms with Gasteiger partial charge in [0.1, 0.15) is 28.4 Å². The van der Waals surface area contributed by atoms with Gasteiger partial charge in [0.05, 0.1) is 12.6 Å². The van der Waals surface area contributed by atoms with Crippen LogP contribution in [0.15, 0.2) is 54.6 Å². The van der Waals surface area contributed by atoms with E-state index in [-0.39, 0.29) is 18.6 Å². The fourth-order valence-corrected chi connectivity index (χ4v) is 5.82. The summed E-state index contributed by atoms with van der Waals surface area (Å²) in [6.45, 7) is 3.04. The van der Waals surface area contributed by atoms with Crippen molar-refractivity contribution in [2.45, 2.75) is 43.2 Å². The molecule has 1 spiro atoms. The van der Waals surface area contributed by atoms with Crippen molar-refractivity contribution in [3.8, 4) is 5.75 Å². The van der Waals surface area contributed by atoms with Crippen LogP contribution in [-0.4, -0.2) is 29.1 Å². The summed E-state index contributed by atoms with van der Waals surface area (Å²) >= 11 is 12.6. The summed E-state index contributed by atoms with van der Waals surface area (Å²) in [5.41, 5.74) is -1.56. The Balaban J connectivity index is 1.83. The maximum Gasteiger partial charge on any atom is 0.238 e. The van der Waals surface area contributed by atoms with Crippen molar-refractivity contribution < 1.29 is 28.2 Å². The molecule has 1 saturated heterocycles. The molecule has 2 heterocycles. The van der Waals surface area contributed by atoms with Crippen LogP contribution in [0.2, 0.25) is 10.0 Å². The van der Waals surface area contributed by atoms with Gasteiger partial charge in [-0.15, -0.1) is 0 Å². The van der Waals surface area contributed by atoms with Crippen LogP contribution >= 0.6 is 23.2 Å². The Bertz CT molecular complexity index is 1460. The summed E-state index contributed by atoms with van der Waals surface area (Å²) in [5.74, 6) is -3.14. The van der Waals surface area contributed by atoms with Gasteiger partial charge in [-0.1, -0.05) is 29.3 Å². The lowest BCUT2D eigenvalue weighted by Crippen LogP contribution is -2.57. The van der Waals surface area contributed by atoms with Crippen LogP contribution in [0.1, 0.15) is 48.9 Å². The molecule has 1 fully saturated rings. The van der Waals surface area contributed by atoms with Gasteiger partial charge in [-0.25, -0.2) is 8.78 Å². The van der Waals surface area contributed by atoms with Crippen LogP contribution in [0.25, 0.3) is 0 Å². The van der Waals surface area contributed by atoms with E-state index in [2.05, 4.69) is 10.6 Å². The van der Waals surface area contributed by atoms with E-state index in [0.717, 1.165) is 18.2 Å². The fraction of sp³-hybridized carbons (Fsp3) is 0.286. The molecule has 3 atom stereocenters. The lowest BCUT2D eigenvalue weighted by molar-refractivity contribution is -0.131. The van der Waals surface area contributed by atoms with Crippen LogP contribution in [0.3, 0.4) is 0 Å². The Kier molecular flexibility index (Phi) is 6.62. The number of amides is 2. The summed E-state index contributed by atoms with van der Waals surface area (Å²) < 4.78 is 35.8. The number of carbonyl (C=O) groups is 2. The minimum atomic E-state index is -1.63. The first-order valence-electron chi connectivity index (χ1n) is 11.9. The molecule has 2 amide bonds. The van der Waals surface area contributed by atoms with Gasteiger partial charge in [0, 0.05) is 39.2 Å². The number of hydrogen-bond donors (Lipinski definition) is 3. The predicted molar refractivity (Wildman–Crippen MR) is 140 cm³/mol. The molecule has 3 N–H and O–H groups in total. The van der Waals surface area contributed by atoms with E-state index in [1.54, 1.807) is 50.2 Å². The van der Waals surface area contributed by atoms with Crippen molar-refractivity contribution in [1.29, 1.82) is 0 Å². The second-order valence-electron chi connectivity index (χ2n) is 10.1. The monoisotopic (exact) mass is 560 g/mol. The first-order valence-corrected chi connectivity index (χ1v) is 12.7. The molecule has 2 aliphatic heterocycles. The third kappa shape index (κ3) is 4.30. The topological polar surface area (TPSA) is 87.7 Å². The van der Waals surface area contributed by atoms with Gasteiger partial charge in [0.2, 0.25) is 11.8 Å². The zero-order valence-corrected chi connectivity index (χ0v) is 22.0. The Labute approximate surface area is 227 Å². The second kappa shape index (κ2) is 9.52. The minimum absolute atomic E-state index is 0.179. The van der Waals surface area contributed by atoms with Crippen molar-refractivity contribution in [1.82, 2.24) is 5.32 Å². The van der Waals surface area contributed by atoms with Crippen molar-refractivity contribution in [3.63, 3.8) is 0 Å². The average molecular weight is 561 g/mol. The smallest absolute Gasteiger partial charge is 0.238 e. The lowest BCUT2D eigenvalue weighted by atomic mass is 9.59. The molecule has 0 bridgehead atoms. The van der Waals surface area contributed by atoms with E-state index >= 15 is 4.39 Å². The maximum absolute atomic E-state index is 15.3. The van der Waals surface area contributed by atoms with Crippen LogP contribution in [-0.2, 0) is 15.0 Å². The number of hydrogen-bond acceptors (Lipinski definition) is 4. The molecule has 0 saturated carbocycles. The highest BCUT2D eigenvalue weighted by molar-refractivity contribution is 6.31. The molecule has 3 aromatic rings. The quantitative estimate of drug-likeness (QED) is 0.376. The normalized spacial score (nSPS) is 22.7. The predicted octanol–water partition coefficient (Wildman–Crippen LogP) is 5.66. The number of piperidine rings is 1. The standard InChI is InChI=1S/C28H24Cl2F2N2O4/c1-27(2,13-35)38-23-8-4-14(29)9-17(23)20-12-24(36)34-25(18-11-16(31)5-7-21(18)32)28(20)19-6-3-15(30)10-22(19)33-26(28)37/h3-11,20,25,35H,12-13H2,1-2H3,(H,33,37)(H,34,36). The van der Waals surface area contributed by atoms with E-state index in [9.17, 15) is 19.1 Å². The van der Waals surface area contributed by atoms with E-state index in [0.29, 0.717) is 32.6 Å². The summed E-state index contributed by atoms with van der Waals surface area (Å²) in [6, 6.07) is 11.2. The third-order valence-electron chi connectivity index (χ3n) is 7.13. The van der Waals surface area contributed by atoms with E-state index in [4.69, 9.17) is 27.9 Å². The molecule has 5 rings (SSSR count). The summed E-state index contributed by atoms with van der Waals surface area (Å²) in [4.78, 5) is 27.3. The second-order valence-corrected chi connectivity index (χ2v) is 11.0. The minimum Gasteiger partial charge on any atom is -0.485 e. The van der Waals surface area contributed by atoms with E-state index in [1.807, 2.05) is 0 Å². The lowest BCUT2D eigenvalue weighted by Gasteiger charge is -2.47. The molecular weight excluding hydrogens is 537 g/mol. The number of halogens is 4. The van der Waals surface area contributed by atoms with Crippen LogP contribution in [0.4, 0.5) is 14.5 Å². The zero-order valence-electron chi connectivity index (χ0n) is 20.4. The third-order valence-corrected chi connectivity index (χ3v) is 7.60. The van der Waals surface area contributed by atoms with Crippen LogP contribution < -0.4 is 15.4 Å². The number of anilines is 1. The highest BCUT2D eigenvalue weighted by atomic mass is 35.5. The van der Waals surface area contributed by atoms with Crippen molar-refractivity contribution >= 4 is 40.7 Å². The van der Waals surface area contributed by atoms with Crippen molar-refractivity contribution in [2.24, 2.45) is 0 Å². The molecule has 0 aromatic heterocycles. The molecule has 3 unspecified atom stereocenters. The number of aliphatic hydroxyl groups excluding tert-OH is 1. The first kappa shape index (κ1) is 26.4. The van der Waals surface area contributed by atoms with Crippen molar-refractivity contribution in [3.05, 3.63) is 93.0 Å². The number of rotatable bonds is 5. The summed E-state index contributed by atoms with van der Waals surface area (Å²) in [7, 11) is 0. The fourth-order valence-electron chi connectivity index (χ4n) is 5.47. The van der Waals surface area contributed by atoms with Gasteiger partial charge in [0.25, 0.3) is 0 Å². The van der Waals surface area contributed by atoms with Crippen molar-refractivity contribution in [2.75, 3.05) is 11.9 Å². The first-order chi connectivity index (χ1) is 18.0. The summed E-state index contributed by atoms with van der Waals surface area (Å²) in [5, 5.41) is 16.1. The van der Waals surface area contributed by atoms with Gasteiger partial charge >= 0.3 is 0 Å². The highest BCUT2D eigenvalue weighted by Crippen LogP contribution is 2.59. The molecule has 3 aromatic carbocycles. The van der Waals surface area contributed by atoms with Gasteiger partial charge in [-0.2, -0.15) is 0 Å². The van der Waals surface area contributed by atoms with E-state index < -0.39 is 46.4 Å². The summed E-state index contributed by atoms with van der Waals surface area (Å²) in [6.07, 6.45) is -0.181. The van der Waals surface area contributed by atoms with Gasteiger partial charge in [-0.05, 0) is 67.9 Å². The van der Waals surface area contributed by atoms with Crippen LogP contribution in [0.5, 0.6) is 5.75 Å². The Morgan fingerprint density at radius 3 is 2.47 bits per heavy atom. The Morgan fingerprint density at radius 1 is 1.03 bits per heavy atom. The van der Waals surface area contributed by atoms with E-state index in [1.165, 1.54) is 0 Å². The Hall–Kier alpha value is -3.20. The molecule has 0 radical (unpaired) electrons. The van der Waals surface area contributed by atoms with Gasteiger partial charge in [0.15, 0.2) is 0 Å². The zero-order chi connectivity index (χ0) is 27.4. The number of benzene rings is 3. The maximum atomic E-state index is 15.3. The number of fused-ring (bicyclic) bond motifs is 2. The average Bonchev–Trinajstić information content (AvgIpc) is 3.14. The SMILES string of the molecule is CC(C)(CO)Oc1ccc(Cl)cc1C1CC(=O)NC(c2cc(F)ccc2F)C12C(=O)Nc1cc(Cl)ccc12. The number of aliphatic hydroxyl groups is 1. The molecule has 0 aliphatic carbocycles. The molecule has 2 aliphatic rings. The molecule has 6 nitrogen and oxygen atoms in total. The number of carbonyl (C=O) groups excluding carboxylic acids is 2. The number of ether oxygens (including phenoxy) is 1. The highest BCUT2D eigenvalue weighted by Gasteiger charge is 2.62. The Morgan fingerprint density at radius 2 is 1.74 bits per heavy atom. The van der Waals surface area contributed by atoms with Gasteiger partial charge in [-0.3, -0.25) is 9.59 Å². The molecule has 10 heteroatoms.